The quantitative estimate of drug-likeness (QED) is 0.579. The fourth-order valence-corrected chi connectivity index (χ4v) is 1.88. The molecule has 16 heavy (non-hydrogen) atoms. The van der Waals surface area contributed by atoms with Gasteiger partial charge in [0.25, 0.3) is 0 Å². The third-order valence-electron chi connectivity index (χ3n) is 1.92. The summed E-state index contributed by atoms with van der Waals surface area (Å²) in [6.45, 7) is 0. The Morgan fingerprint density at radius 2 is 2.06 bits per heavy atom. The number of hydrogen-bond acceptors (Lipinski definition) is 2. The van der Waals surface area contributed by atoms with Gasteiger partial charge in [-0.25, -0.2) is 9.97 Å². The minimum absolute atomic E-state index is 0.444. The lowest BCUT2D eigenvalue weighted by atomic mass is 10.2. The summed E-state index contributed by atoms with van der Waals surface area (Å²) in [4.78, 5) is 11.1. The number of aromatic nitrogens is 3. The van der Waals surface area contributed by atoms with Gasteiger partial charge in [-0.05, 0) is 24.0 Å². The first-order valence-electron chi connectivity index (χ1n) is 4.66. The van der Waals surface area contributed by atoms with E-state index in [1.165, 1.54) is 6.33 Å². The summed E-state index contributed by atoms with van der Waals surface area (Å²) in [6.07, 6.45) is 9.70. The average molecular weight is 254 g/mol. The molecular weight excluding hydrogens is 242 g/mol. The van der Waals surface area contributed by atoms with Crippen molar-refractivity contribution >= 4 is 32.7 Å². The molecule has 0 saturated heterocycles. The second-order valence-corrected chi connectivity index (χ2v) is 8.39. The van der Waals surface area contributed by atoms with Crippen molar-refractivity contribution in [1.29, 1.82) is 0 Å². The topological polar surface area (TPSA) is 41.6 Å². The highest BCUT2D eigenvalue weighted by Crippen LogP contribution is 2.33. The van der Waals surface area contributed by atoms with E-state index in [4.69, 9.17) is 11.6 Å². The molecule has 0 aliphatic rings. The van der Waals surface area contributed by atoms with Gasteiger partial charge in [-0.3, -0.25) is 0 Å². The summed E-state index contributed by atoms with van der Waals surface area (Å²) in [5.41, 5.74) is 1.59. The molecule has 1 N–H and O–H groups in total. The summed E-state index contributed by atoms with van der Waals surface area (Å²) in [7, 11) is -0.841. The average Bonchev–Trinajstić information content (AvgIpc) is 2.58. The molecule has 0 aromatic carbocycles. The molecule has 0 unspecified atom stereocenters. The normalized spacial score (nSPS) is 12.2. The number of fused-ring (bicyclic) bond motifs is 1. The van der Waals surface area contributed by atoms with Crippen LogP contribution >= 0.6 is 21.6 Å². The molecular formula is C11H12ClN3S. The van der Waals surface area contributed by atoms with E-state index in [1.807, 2.05) is 6.20 Å². The maximum absolute atomic E-state index is 6.02. The minimum atomic E-state index is -0.841. The summed E-state index contributed by atoms with van der Waals surface area (Å²) in [5, 5.41) is 4.49. The lowest BCUT2D eigenvalue weighted by molar-refractivity contribution is 1.20. The molecule has 0 atom stereocenters. The minimum Gasteiger partial charge on any atom is -0.345 e. The number of hydrogen-bond donors (Lipinski definition) is 1. The van der Waals surface area contributed by atoms with Crippen molar-refractivity contribution in [2.24, 2.45) is 0 Å². The highest BCUT2D eigenvalue weighted by Gasteiger charge is 2.07. The van der Waals surface area contributed by atoms with E-state index in [0.29, 0.717) is 5.15 Å². The van der Waals surface area contributed by atoms with Crippen molar-refractivity contribution in [2.75, 3.05) is 18.8 Å². The van der Waals surface area contributed by atoms with Crippen molar-refractivity contribution in [3.8, 4) is 11.2 Å². The third kappa shape index (κ3) is 2.31. The van der Waals surface area contributed by atoms with Gasteiger partial charge >= 0.3 is 0 Å². The van der Waals surface area contributed by atoms with Gasteiger partial charge in [-0.2, -0.15) is 10.0 Å². The Hall–Kier alpha value is -1.18. The van der Waals surface area contributed by atoms with Crippen LogP contribution in [-0.2, 0) is 0 Å². The number of aromatic amines is 1. The summed E-state index contributed by atoms with van der Waals surface area (Å²) >= 11 is 6.02. The standard InChI is InChI=1S/C11H12ClN3S/c1-16(2,3)5-4-8-6-13-11-9(8)10(12)14-7-15-11/h6-7H,1-3H3,(H,13,14,15). The van der Waals surface area contributed by atoms with Crippen LogP contribution in [0.4, 0.5) is 0 Å². The van der Waals surface area contributed by atoms with E-state index < -0.39 is 10.0 Å². The largest absolute Gasteiger partial charge is 0.345 e. The van der Waals surface area contributed by atoms with Gasteiger partial charge in [-0.1, -0.05) is 17.5 Å². The van der Waals surface area contributed by atoms with E-state index >= 15 is 0 Å². The molecule has 0 saturated carbocycles. The Balaban J connectivity index is 2.57. The first-order valence-corrected chi connectivity index (χ1v) is 7.89. The number of nitrogens with zero attached hydrogens (tertiary/aromatic N) is 2. The van der Waals surface area contributed by atoms with E-state index in [2.05, 4.69) is 44.9 Å². The fraction of sp³-hybridized carbons (Fsp3) is 0.273. The van der Waals surface area contributed by atoms with Crippen molar-refractivity contribution in [3.63, 3.8) is 0 Å². The van der Waals surface area contributed by atoms with Gasteiger partial charge < -0.3 is 4.98 Å². The van der Waals surface area contributed by atoms with Gasteiger partial charge in [0.2, 0.25) is 0 Å². The van der Waals surface area contributed by atoms with Crippen LogP contribution in [0, 0.1) is 11.2 Å². The first kappa shape index (κ1) is 11.3. The molecule has 0 aliphatic carbocycles. The molecule has 84 valence electrons. The van der Waals surface area contributed by atoms with E-state index in [1.54, 1.807) is 0 Å². The lowest BCUT2D eigenvalue weighted by Gasteiger charge is -2.14. The van der Waals surface area contributed by atoms with Crippen molar-refractivity contribution < 1.29 is 0 Å². The van der Waals surface area contributed by atoms with Crippen LogP contribution in [0.3, 0.4) is 0 Å². The molecule has 0 aliphatic heterocycles. The predicted octanol–water partition coefficient (Wildman–Crippen LogP) is 2.61. The number of nitrogens with one attached hydrogen (secondary N) is 1. The third-order valence-corrected chi connectivity index (χ3v) is 2.92. The molecule has 0 spiro atoms. The first-order chi connectivity index (χ1) is 7.47. The fourth-order valence-electron chi connectivity index (χ4n) is 1.23. The second kappa shape index (κ2) is 4.00. The Morgan fingerprint density at radius 1 is 1.31 bits per heavy atom. The zero-order valence-corrected chi connectivity index (χ0v) is 10.9. The Kier molecular flexibility index (Phi) is 2.83. The van der Waals surface area contributed by atoms with E-state index in [9.17, 15) is 0 Å². The monoisotopic (exact) mass is 253 g/mol. The SMILES string of the molecule is CS(C)(C)C#Cc1c[nH]c2ncnc(Cl)c12. The van der Waals surface area contributed by atoms with Gasteiger partial charge in [0.05, 0.1) is 10.9 Å². The number of H-pyrrole nitrogens is 1. The molecule has 0 fully saturated rings. The van der Waals surface area contributed by atoms with Crippen LogP contribution in [0.1, 0.15) is 5.56 Å². The van der Waals surface area contributed by atoms with Crippen LogP contribution < -0.4 is 0 Å². The van der Waals surface area contributed by atoms with Gasteiger partial charge in [0.15, 0.2) is 0 Å². The molecule has 2 aromatic rings. The highest BCUT2D eigenvalue weighted by atomic mass is 35.5. The molecule has 3 nitrogen and oxygen atoms in total. The Bertz CT molecular complexity index is 587. The molecule has 5 heteroatoms. The highest BCUT2D eigenvalue weighted by molar-refractivity contribution is 8.35. The zero-order valence-electron chi connectivity index (χ0n) is 9.34. The smallest absolute Gasteiger partial charge is 0.143 e. The zero-order chi connectivity index (χ0) is 11.8. The van der Waals surface area contributed by atoms with Crippen LogP contribution in [0.15, 0.2) is 12.5 Å². The van der Waals surface area contributed by atoms with Crippen molar-refractivity contribution in [2.45, 2.75) is 0 Å². The lowest BCUT2D eigenvalue weighted by Crippen LogP contribution is -1.85. The summed E-state index contributed by atoms with van der Waals surface area (Å²) < 4.78 is 0. The van der Waals surface area contributed by atoms with Crippen molar-refractivity contribution in [1.82, 2.24) is 15.0 Å². The molecule has 2 heterocycles. The van der Waals surface area contributed by atoms with Gasteiger partial charge in [-0.15, -0.1) is 0 Å². The Labute approximate surface area is 101 Å². The van der Waals surface area contributed by atoms with E-state index in [-0.39, 0.29) is 0 Å². The van der Waals surface area contributed by atoms with Crippen LogP contribution in [-0.4, -0.2) is 33.7 Å². The maximum atomic E-state index is 6.02. The number of halogens is 1. The number of rotatable bonds is 0. The predicted molar refractivity (Wildman–Crippen MR) is 71.1 cm³/mol. The second-order valence-electron chi connectivity index (χ2n) is 4.15. The van der Waals surface area contributed by atoms with Gasteiger partial charge in [0.1, 0.15) is 17.1 Å². The molecule has 2 rings (SSSR count). The molecule has 0 radical (unpaired) electrons. The van der Waals surface area contributed by atoms with E-state index in [0.717, 1.165) is 16.6 Å². The summed E-state index contributed by atoms with van der Waals surface area (Å²) in [6, 6.07) is 0. The Morgan fingerprint density at radius 3 is 2.75 bits per heavy atom. The van der Waals surface area contributed by atoms with Gasteiger partial charge in [0, 0.05) is 6.20 Å². The van der Waals surface area contributed by atoms with Crippen LogP contribution in [0.2, 0.25) is 5.15 Å². The van der Waals surface area contributed by atoms with Crippen LogP contribution in [0.5, 0.6) is 0 Å². The molecule has 0 bridgehead atoms. The molecule has 0 amide bonds. The van der Waals surface area contributed by atoms with Crippen LogP contribution in [0.25, 0.3) is 11.0 Å². The summed E-state index contributed by atoms with van der Waals surface area (Å²) in [5.74, 6) is 3.14. The maximum Gasteiger partial charge on any atom is 0.143 e. The molecule has 2 aromatic heterocycles. The van der Waals surface area contributed by atoms with Crippen molar-refractivity contribution in [3.05, 3.63) is 23.2 Å².